The molecule has 170 valence electrons. The Morgan fingerprint density at radius 2 is 1.94 bits per heavy atom. The Morgan fingerprint density at radius 3 is 2.59 bits per heavy atom. The van der Waals surface area contributed by atoms with Crippen LogP contribution in [0.5, 0.6) is 11.5 Å². The lowest BCUT2D eigenvalue weighted by atomic mass is 9.94. The van der Waals surface area contributed by atoms with Crippen molar-refractivity contribution >= 4 is 11.7 Å². The smallest absolute Gasteiger partial charge is 0.290 e. The Bertz CT molecular complexity index is 1010. The number of furan rings is 1. The average Bonchev–Trinajstić information content (AvgIpc) is 3.45. The van der Waals surface area contributed by atoms with Crippen molar-refractivity contribution in [2.24, 2.45) is 0 Å². The summed E-state index contributed by atoms with van der Waals surface area (Å²) in [5, 5.41) is 10.8. The first-order valence-electron chi connectivity index (χ1n) is 10.4. The molecule has 1 aromatic carbocycles. The zero-order chi connectivity index (χ0) is 22.7. The van der Waals surface area contributed by atoms with E-state index in [1.54, 1.807) is 24.3 Å². The van der Waals surface area contributed by atoms with Gasteiger partial charge in [0.05, 0.1) is 45.3 Å². The highest BCUT2D eigenvalue weighted by Gasteiger charge is 2.45. The molecule has 0 unspecified atom stereocenters. The number of rotatable bonds is 8. The number of ether oxygens (including phenoxy) is 3. The Kier molecular flexibility index (Phi) is 6.48. The van der Waals surface area contributed by atoms with Gasteiger partial charge in [-0.1, -0.05) is 0 Å². The molecular formula is C23H26N2O7. The number of amides is 1. The van der Waals surface area contributed by atoms with Crippen LogP contribution in [-0.4, -0.2) is 80.2 Å². The Hall–Kier alpha value is -3.30. The third-order valence-corrected chi connectivity index (χ3v) is 5.79. The fourth-order valence-corrected chi connectivity index (χ4v) is 4.11. The maximum absolute atomic E-state index is 13.3. The molecule has 9 heteroatoms. The standard InChI is InChI=1S/C23H26N2O7/c1-29-15-5-6-17(30-2)16(14-15)20-19(21(26)18-4-3-11-32-18)22(27)23(28)25(20)8-7-24-9-12-31-13-10-24/h3-6,11,14,20,27H,7-10,12-13H2,1-2H3/t20-/m0/s1. The van der Waals surface area contributed by atoms with E-state index in [4.69, 9.17) is 18.6 Å². The van der Waals surface area contributed by atoms with Crippen LogP contribution in [0, 0.1) is 0 Å². The number of aliphatic hydroxyl groups is 1. The fourth-order valence-electron chi connectivity index (χ4n) is 4.11. The SMILES string of the molecule is COc1ccc(OC)c([C@H]2C(C(=O)c3ccco3)=C(O)C(=O)N2CCN2CCOCC2)c1. The summed E-state index contributed by atoms with van der Waals surface area (Å²) in [5.41, 5.74) is 0.500. The molecule has 3 heterocycles. The predicted molar refractivity (Wildman–Crippen MR) is 114 cm³/mol. The van der Waals surface area contributed by atoms with Crippen molar-refractivity contribution < 1.29 is 33.3 Å². The van der Waals surface area contributed by atoms with Gasteiger partial charge in [-0.15, -0.1) is 0 Å². The second-order valence-electron chi connectivity index (χ2n) is 7.53. The number of methoxy groups -OCH3 is 2. The number of morpholine rings is 1. The molecule has 9 nitrogen and oxygen atoms in total. The Morgan fingerprint density at radius 1 is 1.16 bits per heavy atom. The molecule has 1 N–H and O–H groups in total. The molecular weight excluding hydrogens is 416 g/mol. The van der Waals surface area contributed by atoms with E-state index < -0.39 is 23.5 Å². The molecule has 1 amide bonds. The summed E-state index contributed by atoms with van der Waals surface area (Å²) in [4.78, 5) is 30.1. The summed E-state index contributed by atoms with van der Waals surface area (Å²) in [6, 6.07) is 7.39. The largest absolute Gasteiger partial charge is 0.503 e. The lowest BCUT2D eigenvalue weighted by molar-refractivity contribution is -0.129. The van der Waals surface area contributed by atoms with E-state index in [9.17, 15) is 14.7 Å². The number of hydrogen-bond acceptors (Lipinski definition) is 8. The van der Waals surface area contributed by atoms with Crippen molar-refractivity contribution in [1.82, 2.24) is 9.80 Å². The summed E-state index contributed by atoms with van der Waals surface area (Å²) >= 11 is 0. The Balaban J connectivity index is 1.74. The van der Waals surface area contributed by atoms with Crippen LogP contribution in [0.25, 0.3) is 0 Å². The van der Waals surface area contributed by atoms with Crippen molar-refractivity contribution in [3.05, 3.63) is 59.3 Å². The van der Waals surface area contributed by atoms with Crippen LogP contribution in [0.3, 0.4) is 0 Å². The molecule has 1 saturated heterocycles. The van der Waals surface area contributed by atoms with E-state index in [-0.39, 0.29) is 11.3 Å². The van der Waals surface area contributed by atoms with Gasteiger partial charge in [0.15, 0.2) is 11.5 Å². The van der Waals surface area contributed by atoms with E-state index in [1.807, 2.05) is 0 Å². The lowest BCUT2D eigenvalue weighted by Gasteiger charge is -2.32. The lowest BCUT2D eigenvalue weighted by Crippen LogP contribution is -2.43. The van der Waals surface area contributed by atoms with E-state index in [0.29, 0.717) is 43.4 Å². The average molecular weight is 442 g/mol. The number of Topliss-reactive ketones (excluding diaryl/α,β-unsaturated/α-hetero) is 1. The second kappa shape index (κ2) is 9.46. The van der Waals surface area contributed by atoms with E-state index in [2.05, 4.69) is 4.90 Å². The number of aliphatic hydroxyl groups excluding tert-OH is 1. The van der Waals surface area contributed by atoms with Crippen LogP contribution in [0.1, 0.15) is 22.2 Å². The fraction of sp³-hybridized carbons (Fsp3) is 0.391. The maximum Gasteiger partial charge on any atom is 0.290 e. The van der Waals surface area contributed by atoms with Gasteiger partial charge in [-0.05, 0) is 30.3 Å². The number of carbonyl (C=O) groups excluding carboxylic acids is 2. The first-order valence-corrected chi connectivity index (χ1v) is 10.4. The molecule has 1 atom stereocenters. The van der Waals surface area contributed by atoms with Gasteiger partial charge in [0.25, 0.3) is 5.91 Å². The highest BCUT2D eigenvalue weighted by molar-refractivity contribution is 6.15. The van der Waals surface area contributed by atoms with Gasteiger partial charge < -0.3 is 28.6 Å². The topological polar surface area (TPSA) is 102 Å². The van der Waals surface area contributed by atoms with Crippen LogP contribution in [0.15, 0.2) is 52.3 Å². The van der Waals surface area contributed by atoms with Crippen molar-refractivity contribution in [2.45, 2.75) is 6.04 Å². The molecule has 0 aliphatic carbocycles. The maximum atomic E-state index is 13.3. The van der Waals surface area contributed by atoms with Gasteiger partial charge in [0.2, 0.25) is 5.78 Å². The van der Waals surface area contributed by atoms with E-state index in [1.165, 1.54) is 31.4 Å². The van der Waals surface area contributed by atoms with E-state index in [0.717, 1.165) is 13.1 Å². The molecule has 1 fully saturated rings. The number of carbonyl (C=O) groups is 2. The second-order valence-corrected chi connectivity index (χ2v) is 7.53. The first kappa shape index (κ1) is 21.9. The molecule has 2 aliphatic heterocycles. The van der Waals surface area contributed by atoms with Crippen LogP contribution < -0.4 is 9.47 Å². The molecule has 1 aromatic heterocycles. The molecule has 0 spiro atoms. The van der Waals surface area contributed by atoms with Crippen LogP contribution >= 0.6 is 0 Å². The summed E-state index contributed by atoms with van der Waals surface area (Å²) in [6.07, 6.45) is 1.37. The minimum Gasteiger partial charge on any atom is -0.503 e. The first-order chi connectivity index (χ1) is 15.5. The predicted octanol–water partition coefficient (Wildman–Crippen LogP) is 2.21. The molecule has 0 saturated carbocycles. The van der Waals surface area contributed by atoms with Gasteiger partial charge in [-0.25, -0.2) is 0 Å². The van der Waals surface area contributed by atoms with Crippen LogP contribution in [0.4, 0.5) is 0 Å². The van der Waals surface area contributed by atoms with Crippen molar-refractivity contribution in [2.75, 3.05) is 53.6 Å². The van der Waals surface area contributed by atoms with Crippen molar-refractivity contribution in [3.8, 4) is 11.5 Å². The normalized spacial score (nSPS) is 19.5. The van der Waals surface area contributed by atoms with Gasteiger partial charge in [-0.2, -0.15) is 0 Å². The van der Waals surface area contributed by atoms with Gasteiger partial charge >= 0.3 is 0 Å². The van der Waals surface area contributed by atoms with E-state index >= 15 is 0 Å². The quantitative estimate of drug-likeness (QED) is 0.621. The van der Waals surface area contributed by atoms with Crippen LogP contribution in [0.2, 0.25) is 0 Å². The molecule has 2 aromatic rings. The van der Waals surface area contributed by atoms with Gasteiger partial charge in [-0.3, -0.25) is 14.5 Å². The van der Waals surface area contributed by atoms with Crippen molar-refractivity contribution in [1.29, 1.82) is 0 Å². The minimum atomic E-state index is -0.855. The number of nitrogens with zero attached hydrogens (tertiary/aromatic N) is 2. The highest BCUT2D eigenvalue weighted by atomic mass is 16.5. The van der Waals surface area contributed by atoms with Gasteiger partial charge in [0.1, 0.15) is 11.5 Å². The summed E-state index contributed by atoms with van der Waals surface area (Å²) < 4.78 is 21.5. The molecule has 32 heavy (non-hydrogen) atoms. The number of benzene rings is 1. The molecule has 0 radical (unpaired) electrons. The summed E-state index contributed by atoms with van der Waals surface area (Å²) in [7, 11) is 3.04. The van der Waals surface area contributed by atoms with Gasteiger partial charge in [0, 0.05) is 31.7 Å². The summed E-state index contributed by atoms with van der Waals surface area (Å²) in [5.74, 6) is -0.686. The zero-order valence-electron chi connectivity index (χ0n) is 18.1. The molecule has 4 rings (SSSR count). The monoisotopic (exact) mass is 442 g/mol. The molecule has 2 aliphatic rings. The summed E-state index contributed by atoms with van der Waals surface area (Å²) in [6.45, 7) is 3.66. The van der Waals surface area contributed by atoms with Crippen LogP contribution in [-0.2, 0) is 9.53 Å². The molecule has 0 bridgehead atoms. The minimum absolute atomic E-state index is 0.0428. The zero-order valence-corrected chi connectivity index (χ0v) is 18.1. The third-order valence-electron chi connectivity index (χ3n) is 5.79. The third kappa shape index (κ3) is 4.09. The number of hydrogen-bond donors (Lipinski definition) is 1. The Labute approximate surface area is 185 Å². The number of ketones is 1. The highest BCUT2D eigenvalue weighted by Crippen LogP contribution is 2.43. The van der Waals surface area contributed by atoms with Crippen molar-refractivity contribution in [3.63, 3.8) is 0 Å².